The Balaban J connectivity index is 0.000000158. The van der Waals surface area contributed by atoms with Gasteiger partial charge in [0.1, 0.15) is 0 Å². The number of aromatic nitrogens is 2. The van der Waals surface area contributed by atoms with E-state index in [9.17, 15) is 0 Å². The Hall–Kier alpha value is -11.7. The lowest BCUT2D eigenvalue weighted by Crippen LogP contribution is -2.21. The first-order chi connectivity index (χ1) is 46.9. The van der Waals surface area contributed by atoms with Crippen molar-refractivity contribution >= 4 is 77.7 Å². The summed E-state index contributed by atoms with van der Waals surface area (Å²) in [7, 11) is 0. The molecule has 0 atom stereocenters. The SMILES string of the molecule is CC(C)(C)n1c2ccccc2c2cc(-c3ccc(-c4cccc(N(c5ccccc5)c5ccc(-c6ccccc6)cc5)c4)cc3)ccc21.CC(C)(C)n1c2ccccc2c2cc(-c3cccc(-c4cccc(N(c5ccccc5)c5ccc(-c6ccccc6)cc5)c4)c3)ccc21. The molecule has 0 spiro atoms. The van der Waals surface area contributed by atoms with Gasteiger partial charge in [-0.3, -0.25) is 0 Å². The van der Waals surface area contributed by atoms with Crippen LogP contribution in [0.2, 0.25) is 0 Å². The zero-order chi connectivity index (χ0) is 65.3. The van der Waals surface area contributed by atoms with Crippen molar-refractivity contribution < 1.29 is 0 Å². The standard InChI is InChI=1S/2C46H38N2/c1-46(2,3)48-44-23-11-10-22-42(44)43-32-38(26-29-45(43)48)36-17-12-16-35(30-36)37-18-13-21-41(31-37)47(39-19-8-5-9-20-39)40-27-24-34(25-28-40)33-14-6-4-7-15-33;1-46(2,3)48-44-20-11-10-19-42(44)43-32-38(27-30-45(43)48)36-23-21-35(22-24-36)37-15-12-18-41(31-37)47(39-16-8-5-9-17-39)40-28-25-34(26-29-40)33-13-6-4-7-14-33/h2*4-32H,1-3H3. The second-order valence-corrected chi connectivity index (χ2v) is 26.9. The van der Waals surface area contributed by atoms with Gasteiger partial charge in [-0.15, -0.1) is 0 Å². The summed E-state index contributed by atoms with van der Waals surface area (Å²) in [5.41, 5.74) is 26.3. The van der Waals surface area contributed by atoms with E-state index in [0.29, 0.717) is 0 Å². The van der Waals surface area contributed by atoms with E-state index in [1.54, 1.807) is 0 Å². The Morgan fingerprint density at radius 2 is 0.417 bits per heavy atom. The van der Waals surface area contributed by atoms with Crippen molar-refractivity contribution in [1.82, 2.24) is 9.13 Å². The molecule has 0 N–H and O–H groups in total. The molecule has 2 aromatic heterocycles. The Kier molecular flexibility index (Phi) is 16.2. The predicted molar refractivity (Wildman–Crippen MR) is 411 cm³/mol. The van der Waals surface area contributed by atoms with Gasteiger partial charge in [-0.2, -0.15) is 0 Å². The van der Waals surface area contributed by atoms with Crippen LogP contribution in [0, 0.1) is 0 Å². The van der Waals surface area contributed by atoms with Crippen LogP contribution >= 0.6 is 0 Å². The lowest BCUT2D eigenvalue weighted by molar-refractivity contribution is 0.423. The minimum Gasteiger partial charge on any atom is -0.335 e. The van der Waals surface area contributed by atoms with Gasteiger partial charge in [0.05, 0.1) is 0 Å². The van der Waals surface area contributed by atoms with E-state index in [0.717, 1.165) is 34.1 Å². The fourth-order valence-corrected chi connectivity index (χ4v) is 14.0. The highest BCUT2D eigenvalue weighted by atomic mass is 15.1. The minimum absolute atomic E-state index is 0.0131. The van der Waals surface area contributed by atoms with Gasteiger partial charge in [-0.1, -0.05) is 237 Å². The summed E-state index contributed by atoms with van der Waals surface area (Å²) in [6.45, 7) is 13.7. The molecule has 14 aromatic carbocycles. The Morgan fingerprint density at radius 3 is 0.812 bits per heavy atom. The van der Waals surface area contributed by atoms with Gasteiger partial charge in [0.2, 0.25) is 0 Å². The second-order valence-electron chi connectivity index (χ2n) is 26.9. The quantitative estimate of drug-likeness (QED) is 0.121. The van der Waals surface area contributed by atoms with Crippen molar-refractivity contribution in [2.75, 3.05) is 9.80 Å². The van der Waals surface area contributed by atoms with Crippen molar-refractivity contribution in [3.63, 3.8) is 0 Å². The molecule has 0 aliphatic rings. The number of nitrogens with zero attached hydrogens (tertiary/aromatic N) is 4. The van der Waals surface area contributed by atoms with Crippen LogP contribution in [-0.4, -0.2) is 9.13 Å². The van der Waals surface area contributed by atoms with E-state index in [2.05, 4.69) is 412 Å². The molecule has 96 heavy (non-hydrogen) atoms. The topological polar surface area (TPSA) is 16.3 Å². The van der Waals surface area contributed by atoms with Crippen LogP contribution in [0.5, 0.6) is 0 Å². The monoisotopic (exact) mass is 1240 g/mol. The average Bonchev–Trinajstić information content (AvgIpc) is 1.62. The highest BCUT2D eigenvalue weighted by molar-refractivity contribution is 6.11. The molecule has 0 amide bonds. The lowest BCUT2D eigenvalue weighted by atomic mass is 9.97. The van der Waals surface area contributed by atoms with Crippen LogP contribution in [0.1, 0.15) is 41.5 Å². The largest absolute Gasteiger partial charge is 0.335 e. The van der Waals surface area contributed by atoms with Gasteiger partial charge in [-0.05, 0) is 224 Å². The average molecular weight is 1240 g/mol. The third-order valence-electron chi connectivity index (χ3n) is 18.5. The third-order valence-corrected chi connectivity index (χ3v) is 18.5. The molecule has 0 aliphatic carbocycles. The van der Waals surface area contributed by atoms with Crippen LogP contribution in [-0.2, 0) is 11.1 Å². The number of para-hydroxylation sites is 4. The van der Waals surface area contributed by atoms with Crippen LogP contribution in [0.15, 0.2) is 352 Å². The molecular formula is C92H76N4. The summed E-state index contributed by atoms with van der Waals surface area (Å²) in [5.74, 6) is 0. The first-order valence-electron chi connectivity index (χ1n) is 33.4. The van der Waals surface area contributed by atoms with Crippen molar-refractivity contribution in [2.24, 2.45) is 0 Å². The predicted octanol–water partition coefficient (Wildman–Crippen LogP) is 26.0. The molecule has 4 nitrogen and oxygen atoms in total. The summed E-state index contributed by atoms with van der Waals surface area (Å²) in [6.07, 6.45) is 0. The molecule has 16 rings (SSSR count). The van der Waals surface area contributed by atoms with E-state index >= 15 is 0 Å². The number of fused-ring (bicyclic) bond motifs is 6. The molecule has 0 radical (unpaired) electrons. The molecule has 0 saturated heterocycles. The van der Waals surface area contributed by atoms with Crippen molar-refractivity contribution in [3.8, 4) is 66.8 Å². The Morgan fingerprint density at radius 1 is 0.177 bits per heavy atom. The molecule has 2 heterocycles. The summed E-state index contributed by atoms with van der Waals surface area (Å²) in [5, 5.41) is 5.19. The fourth-order valence-electron chi connectivity index (χ4n) is 14.0. The number of hydrogen-bond donors (Lipinski definition) is 0. The highest BCUT2D eigenvalue weighted by Crippen LogP contribution is 2.43. The molecule has 0 aliphatic heterocycles. The van der Waals surface area contributed by atoms with Gasteiger partial charge in [-0.25, -0.2) is 0 Å². The molecule has 4 heteroatoms. The molecule has 0 saturated carbocycles. The Bertz CT molecular complexity index is 5380. The van der Waals surface area contributed by atoms with E-state index in [4.69, 9.17) is 0 Å². The van der Waals surface area contributed by atoms with Crippen LogP contribution in [0.3, 0.4) is 0 Å². The van der Waals surface area contributed by atoms with Gasteiger partial charge in [0, 0.05) is 88.8 Å². The van der Waals surface area contributed by atoms with Crippen molar-refractivity contribution in [1.29, 1.82) is 0 Å². The Labute approximate surface area is 564 Å². The van der Waals surface area contributed by atoms with Crippen molar-refractivity contribution in [2.45, 2.75) is 52.6 Å². The van der Waals surface area contributed by atoms with Gasteiger partial charge in [0.25, 0.3) is 0 Å². The van der Waals surface area contributed by atoms with Crippen LogP contribution in [0.25, 0.3) is 110 Å². The van der Waals surface area contributed by atoms with Gasteiger partial charge in [0.15, 0.2) is 0 Å². The van der Waals surface area contributed by atoms with Gasteiger partial charge < -0.3 is 18.9 Å². The summed E-state index contributed by atoms with van der Waals surface area (Å²) in [4.78, 5) is 4.66. The normalized spacial score (nSPS) is 11.6. The van der Waals surface area contributed by atoms with E-state index in [1.807, 2.05) is 0 Å². The summed E-state index contributed by atoms with van der Waals surface area (Å²) in [6, 6.07) is 127. The van der Waals surface area contributed by atoms with Gasteiger partial charge >= 0.3 is 0 Å². The summed E-state index contributed by atoms with van der Waals surface area (Å²) < 4.78 is 4.94. The molecular weight excluding hydrogens is 1160 g/mol. The van der Waals surface area contributed by atoms with E-state index < -0.39 is 0 Å². The highest BCUT2D eigenvalue weighted by Gasteiger charge is 2.23. The first-order valence-corrected chi connectivity index (χ1v) is 33.4. The number of anilines is 6. The maximum Gasteiger partial charge on any atom is 0.0496 e. The van der Waals surface area contributed by atoms with Crippen LogP contribution in [0.4, 0.5) is 34.1 Å². The zero-order valence-corrected chi connectivity index (χ0v) is 55.3. The third kappa shape index (κ3) is 12.1. The van der Waals surface area contributed by atoms with E-state index in [-0.39, 0.29) is 11.1 Å². The molecule has 0 unspecified atom stereocenters. The lowest BCUT2D eigenvalue weighted by Gasteiger charge is -2.26. The molecule has 16 aromatic rings. The van der Waals surface area contributed by atoms with Crippen LogP contribution < -0.4 is 9.80 Å². The molecule has 0 fully saturated rings. The zero-order valence-electron chi connectivity index (χ0n) is 55.3. The smallest absolute Gasteiger partial charge is 0.0496 e. The maximum absolute atomic E-state index is 2.47. The van der Waals surface area contributed by atoms with Crippen molar-refractivity contribution in [3.05, 3.63) is 352 Å². The fraction of sp³-hybridized carbons (Fsp3) is 0.0870. The number of rotatable bonds is 12. The van der Waals surface area contributed by atoms with E-state index in [1.165, 1.54) is 110 Å². The number of benzene rings is 14. The maximum atomic E-state index is 2.47. The second kappa shape index (κ2) is 25.6. The summed E-state index contributed by atoms with van der Waals surface area (Å²) >= 11 is 0. The minimum atomic E-state index is -0.0225. The molecule has 464 valence electrons. The molecule has 0 bridgehead atoms. The first kappa shape index (κ1) is 60.5. The number of hydrogen-bond acceptors (Lipinski definition) is 2.